The number of anilines is 1. The van der Waals surface area contributed by atoms with Gasteiger partial charge >= 0.3 is 0 Å². The lowest BCUT2D eigenvalue weighted by atomic mass is 10.0. The summed E-state index contributed by atoms with van der Waals surface area (Å²) in [6, 6.07) is 26.0. The van der Waals surface area contributed by atoms with Crippen LogP contribution < -0.4 is 14.4 Å². The Morgan fingerprint density at radius 1 is 0.875 bits per heavy atom. The topological polar surface area (TPSA) is 96.0 Å². The van der Waals surface area contributed by atoms with E-state index in [4.69, 9.17) is 27.9 Å². The maximum Gasteiger partial charge on any atom is 0.264 e. The molecule has 0 saturated carbocycles. The number of carbonyl (C=O) groups excluding carboxylic acids is 2. The molecule has 0 bridgehead atoms. The normalized spacial score (nSPS) is 12.0. The molecule has 8 nitrogen and oxygen atoms in total. The van der Waals surface area contributed by atoms with Crippen LogP contribution in [0.5, 0.6) is 5.75 Å². The van der Waals surface area contributed by atoms with Crippen LogP contribution in [0.2, 0.25) is 10.0 Å². The third-order valence-corrected chi connectivity index (χ3v) is 10.7. The van der Waals surface area contributed by atoms with Crippen molar-refractivity contribution in [3.63, 3.8) is 0 Å². The summed E-state index contributed by atoms with van der Waals surface area (Å²) >= 11 is 14.7. The highest BCUT2D eigenvalue weighted by Crippen LogP contribution is 2.30. The molecule has 1 N–H and O–H groups in total. The van der Waals surface area contributed by atoms with Gasteiger partial charge in [0.2, 0.25) is 11.8 Å². The van der Waals surface area contributed by atoms with E-state index in [1.807, 2.05) is 57.4 Å². The van der Waals surface area contributed by atoms with Crippen molar-refractivity contribution in [1.29, 1.82) is 0 Å². The van der Waals surface area contributed by atoms with Crippen molar-refractivity contribution in [3.05, 3.63) is 118 Å². The number of amides is 2. The predicted molar refractivity (Wildman–Crippen MR) is 195 cm³/mol. The second kappa shape index (κ2) is 17.1. The number of hydrogen-bond donors (Lipinski definition) is 1. The van der Waals surface area contributed by atoms with Gasteiger partial charge in [0.15, 0.2) is 0 Å². The molecule has 12 heteroatoms. The number of benzene rings is 4. The molecular formula is C36H39Cl2N3O5S2. The molecule has 0 fully saturated rings. The molecule has 0 aliphatic carbocycles. The maximum atomic E-state index is 14.6. The molecule has 4 rings (SSSR count). The largest absolute Gasteiger partial charge is 0.494 e. The predicted octanol–water partition coefficient (Wildman–Crippen LogP) is 7.47. The first-order valence-corrected chi connectivity index (χ1v) is 18.8. The van der Waals surface area contributed by atoms with Crippen LogP contribution in [0.1, 0.15) is 31.9 Å². The van der Waals surface area contributed by atoms with Crippen LogP contribution in [0.15, 0.2) is 107 Å². The van der Waals surface area contributed by atoms with E-state index < -0.39 is 34.4 Å². The van der Waals surface area contributed by atoms with Crippen molar-refractivity contribution < 1.29 is 22.7 Å². The zero-order valence-corrected chi connectivity index (χ0v) is 30.4. The average molecular weight is 729 g/mol. The van der Waals surface area contributed by atoms with Crippen molar-refractivity contribution in [1.82, 2.24) is 10.2 Å². The Labute approximate surface area is 297 Å². The van der Waals surface area contributed by atoms with Gasteiger partial charge in [-0.15, -0.1) is 11.8 Å². The smallest absolute Gasteiger partial charge is 0.264 e. The fourth-order valence-corrected chi connectivity index (χ4v) is 7.41. The summed E-state index contributed by atoms with van der Waals surface area (Å²) in [6.07, 6.45) is 2.06. The van der Waals surface area contributed by atoms with Crippen LogP contribution >= 0.6 is 35.0 Å². The summed E-state index contributed by atoms with van der Waals surface area (Å²) in [6.45, 7) is 5.20. The Hall–Kier alpha value is -3.70. The lowest BCUT2D eigenvalue weighted by molar-refractivity contribution is -0.140. The van der Waals surface area contributed by atoms with Crippen LogP contribution in [0.25, 0.3) is 0 Å². The van der Waals surface area contributed by atoms with E-state index in [9.17, 15) is 18.0 Å². The zero-order chi connectivity index (χ0) is 34.8. The first-order valence-electron chi connectivity index (χ1n) is 15.4. The lowest BCUT2D eigenvalue weighted by Crippen LogP contribution is -2.54. The van der Waals surface area contributed by atoms with E-state index in [1.165, 1.54) is 28.8 Å². The molecule has 0 aromatic heterocycles. The number of halogens is 2. The highest BCUT2D eigenvalue weighted by atomic mass is 35.5. The van der Waals surface area contributed by atoms with E-state index in [0.717, 1.165) is 14.8 Å². The molecular weight excluding hydrogens is 689 g/mol. The Kier molecular flexibility index (Phi) is 13.2. The van der Waals surface area contributed by atoms with Crippen molar-refractivity contribution >= 4 is 62.5 Å². The number of nitrogens with zero attached hydrogens (tertiary/aromatic N) is 2. The zero-order valence-electron chi connectivity index (χ0n) is 27.2. The van der Waals surface area contributed by atoms with E-state index in [1.54, 1.807) is 54.6 Å². The van der Waals surface area contributed by atoms with Crippen LogP contribution in [-0.4, -0.2) is 56.6 Å². The van der Waals surface area contributed by atoms with Gasteiger partial charge in [0.1, 0.15) is 18.3 Å². The molecule has 0 aliphatic heterocycles. The summed E-state index contributed by atoms with van der Waals surface area (Å²) in [7, 11) is -4.26. The Morgan fingerprint density at radius 3 is 2.06 bits per heavy atom. The van der Waals surface area contributed by atoms with Crippen molar-refractivity contribution in [3.8, 4) is 5.75 Å². The molecule has 0 spiro atoms. The van der Waals surface area contributed by atoms with Crippen LogP contribution in [0.3, 0.4) is 0 Å². The van der Waals surface area contributed by atoms with Gasteiger partial charge in [-0.05, 0) is 93.3 Å². The van der Waals surface area contributed by atoms with E-state index in [2.05, 4.69) is 5.32 Å². The summed E-state index contributed by atoms with van der Waals surface area (Å²) in [5, 5.41) is 3.56. The number of thioether (sulfide) groups is 1. The van der Waals surface area contributed by atoms with Gasteiger partial charge in [0.25, 0.3) is 10.0 Å². The van der Waals surface area contributed by atoms with Crippen LogP contribution in [0.4, 0.5) is 5.69 Å². The summed E-state index contributed by atoms with van der Waals surface area (Å²) < 4.78 is 35.2. The van der Waals surface area contributed by atoms with Crippen LogP contribution in [0, 0.1) is 0 Å². The molecule has 4 aromatic carbocycles. The number of hydrogen-bond acceptors (Lipinski definition) is 6. The highest BCUT2D eigenvalue weighted by Gasteiger charge is 2.35. The molecule has 0 heterocycles. The Bertz CT molecular complexity index is 1770. The Balaban J connectivity index is 1.84. The van der Waals surface area contributed by atoms with Gasteiger partial charge in [0.05, 0.1) is 17.2 Å². The number of ether oxygens (including phenoxy) is 1. The van der Waals surface area contributed by atoms with Crippen LogP contribution in [-0.2, 0) is 32.6 Å². The van der Waals surface area contributed by atoms with Gasteiger partial charge < -0.3 is 15.0 Å². The minimum absolute atomic E-state index is 0.0149. The second-order valence-corrected chi connectivity index (χ2v) is 14.8. The van der Waals surface area contributed by atoms with E-state index in [0.29, 0.717) is 28.0 Å². The number of sulfonamides is 1. The average Bonchev–Trinajstić information content (AvgIpc) is 3.07. The van der Waals surface area contributed by atoms with Crippen molar-refractivity contribution in [2.45, 2.75) is 55.6 Å². The van der Waals surface area contributed by atoms with Crippen molar-refractivity contribution in [2.75, 3.05) is 23.7 Å². The van der Waals surface area contributed by atoms with E-state index in [-0.39, 0.29) is 29.6 Å². The minimum Gasteiger partial charge on any atom is -0.494 e. The molecule has 1 unspecified atom stereocenters. The van der Waals surface area contributed by atoms with Gasteiger partial charge in [0, 0.05) is 39.5 Å². The monoisotopic (exact) mass is 727 g/mol. The second-order valence-electron chi connectivity index (χ2n) is 11.2. The molecule has 4 aromatic rings. The molecule has 48 heavy (non-hydrogen) atoms. The van der Waals surface area contributed by atoms with Gasteiger partial charge in [-0.1, -0.05) is 59.6 Å². The molecule has 2 amide bonds. The van der Waals surface area contributed by atoms with Gasteiger partial charge in [-0.2, -0.15) is 0 Å². The number of carbonyl (C=O) groups is 2. The summed E-state index contributed by atoms with van der Waals surface area (Å²) in [5.41, 5.74) is 1.50. The number of rotatable bonds is 15. The minimum atomic E-state index is -4.26. The molecule has 254 valence electrons. The van der Waals surface area contributed by atoms with Crippen molar-refractivity contribution in [2.24, 2.45) is 0 Å². The molecule has 0 aliphatic rings. The highest BCUT2D eigenvalue weighted by molar-refractivity contribution is 7.98. The van der Waals surface area contributed by atoms with E-state index >= 15 is 0 Å². The standard InChI is InChI=1S/C36H39Cl2N3O5S2/c1-5-46-28-16-14-27(15-17-28)41(48(44,45)30-20-18-29(47-4)19-21-30)24-35(42)40(23-31-32(37)12-9-13-33(31)38)34(36(43)39-25(2)3)22-26-10-7-6-8-11-26/h6-21,25,34H,5,22-24H2,1-4H3,(H,39,43). The molecule has 0 radical (unpaired) electrons. The van der Waals surface area contributed by atoms with Gasteiger partial charge in [-0.3, -0.25) is 13.9 Å². The first-order chi connectivity index (χ1) is 22.9. The van der Waals surface area contributed by atoms with Gasteiger partial charge in [-0.25, -0.2) is 8.42 Å². The molecule has 1 atom stereocenters. The third-order valence-electron chi connectivity index (χ3n) is 7.45. The third kappa shape index (κ3) is 9.47. The SMILES string of the molecule is CCOc1ccc(N(CC(=O)N(Cc2c(Cl)cccc2Cl)C(Cc2ccccc2)C(=O)NC(C)C)S(=O)(=O)c2ccc(SC)cc2)cc1. The first kappa shape index (κ1) is 37.1. The lowest BCUT2D eigenvalue weighted by Gasteiger charge is -2.34. The number of nitrogens with one attached hydrogen (secondary N) is 1. The Morgan fingerprint density at radius 2 is 1.50 bits per heavy atom. The fraction of sp³-hybridized carbons (Fsp3) is 0.278. The maximum absolute atomic E-state index is 14.6. The molecule has 0 saturated heterocycles. The summed E-state index contributed by atoms with van der Waals surface area (Å²) in [4.78, 5) is 30.8. The fourth-order valence-electron chi connectivity index (χ4n) is 5.07. The quantitative estimate of drug-likeness (QED) is 0.128. The summed E-state index contributed by atoms with van der Waals surface area (Å²) in [5.74, 6) is -0.463.